The molecule has 1 fully saturated rings. The van der Waals surface area contributed by atoms with Crippen LogP contribution in [0.4, 0.5) is 0 Å². The number of aromatic amines is 1. The Hall–Kier alpha value is -1.29. The van der Waals surface area contributed by atoms with Crippen LogP contribution in [-0.2, 0) is 13.8 Å². The summed E-state index contributed by atoms with van der Waals surface area (Å²) in [5.41, 5.74) is -1.01. The molecule has 3 N–H and O–H groups in total. The summed E-state index contributed by atoms with van der Waals surface area (Å²) in [7, 11) is -5.00. The zero-order valence-electron chi connectivity index (χ0n) is 11.0. The van der Waals surface area contributed by atoms with Crippen LogP contribution in [0, 0.1) is 6.92 Å². The number of phosphoric ester groups is 1. The third kappa shape index (κ3) is 3.67. The molecule has 0 radical (unpaired) electrons. The largest absolute Gasteiger partial charge is 0.756 e. The molecule has 0 aromatic carbocycles. The van der Waals surface area contributed by atoms with E-state index in [1.54, 1.807) is 0 Å². The Labute approximate surface area is 118 Å². The van der Waals surface area contributed by atoms with E-state index in [0.29, 0.717) is 0 Å². The summed E-state index contributed by atoms with van der Waals surface area (Å²) in [6.07, 6.45) is -1.92. The summed E-state index contributed by atoms with van der Waals surface area (Å²) < 4.78 is 21.6. The van der Waals surface area contributed by atoms with Gasteiger partial charge < -0.3 is 24.2 Å². The lowest BCUT2D eigenvalue weighted by Crippen LogP contribution is -2.33. The number of aliphatic hydroxyl groups is 1. The normalized spacial score (nSPS) is 28.5. The SMILES string of the molecule is Cc1cn([C@H]2C[C@H](OP(=O)([O-])O)[C@@H](CO)O2)c(=O)[nH]c1=O. The van der Waals surface area contributed by atoms with E-state index in [1.165, 1.54) is 13.1 Å². The van der Waals surface area contributed by atoms with E-state index in [4.69, 9.17) is 14.7 Å². The van der Waals surface area contributed by atoms with Gasteiger partial charge in [-0.3, -0.25) is 18.9 Å². The molecular weight excluding hydrogens is 307 g/mol. The highest BCUT2D eigenvalue weighted by Gasteiger charge is 2.38. The molecule has 10 nitrogen and oxygen atoms in total. The van der Waals surface area contributed by atoms with Crippen LogP contribution in [0.1, 0.15) is 18.2 Å². The van der Waals surface area contributed by atoms with Crippen molar-refractivity contribution in [1.29, 1.82) is 0 Å². The highest BCUT2D eigenvalue weighted by atomic mass is 31.2. The Bertz CT molecular complexity index is 676. The lowest BCUT2D eigenvalue weighted by molar-refractivity contribution is -0.225. The minimum Gasteiger partial charge on any atom is -0.756 e. The number of aliphatic hydroxyl groups excluding tert-OH is 1. The van der Waals surface area contributed by atoms with Crippen molar-refractivity contribution in [3.05, 3.63) is 32.6 Å². The molecule has 1 unspecified atom stereocenters. The van der Waals surface area contributed by atoms with Gasteiger partial charge in [-0.15, -0.1) is 0 Å². The number of nitrogens with zero attached hydrogens (tertiary/aromatic N) is 1. The predicted molar refractivity (Wildman–Crippen MR) is 66.4 cm³/mol. The topological polar surface area (TPSA) is 154 Å². The maximum Gasteiger partial charge on any atom is 0.330 e. The maximum atomic E-state index is 11.7. The number of aryl methyl sites for hydroxylation is 1. The molecule has 1 aromatic heterocycles. The number of ether oxygens (including phenoxy) is 1. The fourth-order valence-corrected chi connectivity index (χ4v) is 2.68. The highest BCUT2D eigenvalue weighted by molar-refractivity contribution is 7.44. The van der Waals surface area contributed by atoms with Crippen molar-refractivity contribution in [3.63, 3.8) is 0 Å². The van der Waals surface area contributed by atoms with E-state index in [1.807, 2.05) is 0 Å². The smallest absolute Gasteiger partial charge is 0.330 e. The molecule has 0 saturated carbocycles. The molecule has 2 heterocycles. The van der Waals surface area contributed by atoms with Gasteiger partial charge in [-0.05, 0) is 6.92 Å². The zero-order valence-corrected chi connectivity index (χ0v) is 11.9. The van der Waals surface area contributed by atoms with Crippen LogP contribution < -0.4 is 16.1 Å². The zero-order chi connectivity index (χ0) is 15.8. The molecule has 118 valence electrons. The molecule has 4 atom stereocenters. The highest BCUT2D eigenvalue weighted by Crippen LogP contribution is 2.40. The van der Waals surface area contributed by atoms with Gasteiger partial charge in [0.25, 0.3) is 13.4 Å². The van der Waals surface area contributed by atoms with Crippen LogP contribution >= 0.6 is 7.82 Å². The van der Waals surface area contributed by atoms with E-state index >= 15 is 0 Å². The van der Waals surface area contributed by atoms with Crippen LogP contribution in [0.3, 0.4) is 0 Å². The van der Waals surface area contributed by atoms with Crippen molar-refractivity contribution >= 4 is 7.82 Å². The second kappa shape index (κ2) is 5.84. The molecule has 11 heteroatoms. The number of phosphoric acid groups is 1. The molecule has 1 aliphatic heterocycles. The molecule has 1 saturated heterocycles. The van der Waals surface area contributed by atoms with E-state index in [9.17, 15) is 19.0 Å². The number of H-pyrrole nitrogens is 1. The first kappa shape index (κ1) is 16.1. The Morgan fingerprint density at radius 2 is 2.29 bits per heavy atom. The van der Waals surface area contributed by atoms with Gasteiger partial charge in [0.05, 0.1) is 12.7 Å². The van der Waals surface area contributed by atoms with Crippen molar-refractivity contribution in [2.45, 2.75) is 31.8 Å². The predicted octanol–water partition coefficient (Wildman–Crippen LogP) is -2.03. The average molecular weight is 321 g/mol. The second-order valence-electron chi connectivity index (χ2n) is 4.64. The summed E-state index contributed by atoms with van der Waals surface area (Å²) in [5.74, 6) is 0. The number of nitrogens with one attached hydrogen (secondary N) is 1. The summed E-state index contributed by atoms with van der Waals surface area (Å²) in [5, 5.41) is 9.14. The second-order valence-corrected chi connectivity index (χ2v) is 5.79. The van der Waals surface area contributed by atoms with Crippen LogP contribution in [-0.4, -0.2) is 38.4 Å². The number of aromatic nitrogens is 2. The first-order valence-electron chi connectivity index (χ1n) is 6.02. The van der Waals surface area contributed by atoms with E-state index in [-0.39, 0.29) is 12.0 Å². The van der Waals surface area contributed by atoms with Gasteiger partial charge in [0.1, 0.15) is 12.3 Å². The van der Waals surface area contributed by atoms with Crippen molar-refractivity contribution in [3.8, 4) is 0 Å². The van der Waals surface area contributed by atoms with Crippen molar-refractivity contribution < 1.29 is 28.7 Å². The van der Waals surface area contributed by atoms with Crippen molar-refractivity contribution in [1.82, 2.24) is 9.55 Å². The van der Waals surface area contributed by atoms with Crippen molar-refractivity contribution in [2.75, 3.05) is 6.61 Å². The molecule has 0 amide bonds. The van der Waals surface area contributed by atoms with E-state index in [2.05, 4.69) is 9.51 Å². The summed E-state index contributed by atoms with van der Waals surface area (Å²) >= 11 is 0. The molecule has 2 rings (SSSR count). The summed E-state index contributed by atoms with van der Waals surface area (Å²) in [6.45, 7) is 0.930. The Kier molecular flexibility index (Phi) is 4.47. The standard InChI is InChI=1S/C10H15N2O8P/c1-5-3-12(10(15)11-9(5)14)8-2-6(7(4-13)19-8)20-21(16,17)18/h3,6-8,13H,2,4H2,1H3,(H,11,14,15)(H2,16,17,18)/p-1/t6-,7+,8+/m0/s1. The third-order valence-electron chi connectivity index (χ3n) is 3.09. The van der Waals surface area contributed by atoms with E-state index in [0.717, 1.165) is 4.57 Å². The van der Waals surface area contributed by atoms with Crippen LogP contribution in [0.5, 0.6) is 0 Å². The maximum absolute atomic E-state index is 11.7. The Morgan fingerprint density at radius 1 is 1.62 bits per heavy atom. The summed E-state index contributed by atoms with van der Waals surface area (Å²) in [4.78, 5) is 44.6. The van der Waals surface area contributed by atoms with Crippen LogP contribution in [0.15, 0.2) is 15.8 Å². The minimum atomic E-state index is -5.00. The summed E-state index contributed by atoms with van der Waals surface area (Å²) in [6, 6.07) is 0. The molecule has 0 aliphatic carbocycles. The van der Waals surface area contributed by atoms with Gasteiger partial charge in [-0.2, -0.15) is 0 Å². The van der Waals surface area contributed by atoms with Crippen LogP contribution in [0.25, 0.3) is 0 Å². The molecule has 21 heavy (non-hydrogen) atoms. The fraction of sp³-hybridized carbons (Fsp3) is 0.600. The van der Waals surface area contributed by atoms with Gasteiger partial charge in [0.15, 0.2) is 0 Å². The lowest BCUT2D eigenvalue weighted by Gasteiger charge is -2.22. The molecule has 1 aliphatic rings. The minimum absolute atomic E-state index is 0.0938. The van der Waals surface area contributed by atoms with Gasteiger partial charge in [-0.25, -0.2) is 4.79 Å². The molecule has 0 bridgehead atoms. The van der Waals surface area contributed by atoms with Gasteiger partial charge in [0, 0.05) is 18.2 Å². The quantitative estimate of drug-likeness (QED) is 0.536. The number of hydrogen-bond acceptors (Lipinski definition) is 7. The third-order valence-corrected chi connectivity index (χ3v) is 3.62. The molecule has 0 spiro atoms. The van der Waals surface area contributed by atoms with Gasteiger partial charge in [-0.1, -0.05) is 0 Å². The average Bonchev–Trinajstić information content (AvgIpc) is 2.74. The molecular formula is C10H14N2O8P-. The monoisotopic (exact) mass is 321 g/mol. The van der Waals surface area contributed by atoms with E-state index < -0.39 is 44.1 Å². The molecule has 1 aromatic rings. The lowest BCUT2D eigenvalue weighted by atomic mass is 10.2. The number of rotatable bonds is 4. The van der Waals surface area contributed by atoms with Gasteiger partial charge in [0.2, 0.25) is 0 Å². The van der Waals surface area contributed by atoms with Crippen LogP contribution in [0.2, 0.25) is 0 Å². The first-order chi connectivity index (χ1) is 9.71. The number of hydrogen-bond donors (Lipinski definition) is 3. The van der Waals surface area contributed by atoms with Gasteiger partial charge >= 0.3 is 5.69 Å². The fourth-order valence-electron chi connectivity index (χ4n) is 2.12. The Morgan fingerprint density at radius 3 is 2.86 bits per heavy atom. The van der Waals surface area contributed by atoms with Crippen molar-refractivity contribution in [2.24, 2.45) is 0 Å². The first-order valence-corrected chi connectivity index (χ1v) is 7.51. The Balaban J connectivity index is 2.27.